The van der Waals surface area contributed by atoms with E-state index in [1.165, 1.54) is 13.2 Å². The Kier molecular flexibility index (Phi) is 6.40. The Morgan fingerprint density at radius 1 is 0.963 bits per heavy atom. The molecule has 27 heavy (non-hydrogen) atoms. The number of ether oxygens (including phenoxy) is 3. The molecular weight excluding hydrogens is 344 g/mol. The van der Waals surface area contributed by atoms with Gasteiger partial charge < -0.3 is 14.2 Å². The molecule has 0 bridgehead atoms. The van der Waals surface area contributed by atoms with Crippen molar-refractivity contribution in [2.75, 3.05) is 14.2 Å². The molecule has 0 atom stereocenters. The highest BCUT2D eigenvalue weighted by atomic mass is 16.6. The maximum atomic E-state index is 11.8. The van der Waals surface area contributed by atoms with Gasteiger partial charge in [0.25, 0.3) is 0 Å². The minimum atomic E-state index is -0.528. The minimum Gasteiger partial charge on any atom is -0.496 e. The fourth-order valence-electron chi connectivity index (χ4n) is 2.45. The van der Waals surface area contributed by atoms with Crippen LogP contribution in [-0.4, -0.2) is 31.8 Å². The maximum Gasteiger partial charge on any atom is 0.337 e. The SMILES string of the molecule is COC(=O)c1ccc(-c2ccc(C=CC(=O)OC(C)(C)C)cc2OC)cc1. The number of carbonyl (C=O) groups excluding carboxylic acids is 2. The van der Waals surface area contributed by atoms with E-state index in [1.807, 2.05) is 51.1 Å². The van der Waals surface area contributed by atoms with Crippen LogP contribution >= 0.6 is 0 Å². The summed E-state index contributed by atoms with van der Waals surface area (Å²) in [6.07, 6.45) is 3.07. The average Bonchev–Trinajstić information content (AvgIpc) is 2.64. The Hall–Kier alpha value is -3.08. The second kappa shape index (κ2) is 8.54. The van der Waals surface area contributed by atoms with E-state index in [1.54, 1.807) is 25.3 Å². The van der Waals surface area contributed by atoms with E-state index in [-0.39, 0.29) is 5.97 Å². The van der Waals surface area contributed by atoms with Gasteiger partial charge in [0.15, 0.2) is 0 Å². The van der Waals surface area contributed by atoms with Gasteiger partial charge in [-0.05, 0) is 56.2 Å². The maximum absolute atomic E-state index is 11.8. The smallest absolute Gasteiger partial charge is 0.337 e. The van der Waals surface area contributed by atoms with E-state index in [2.05, 4.69) is 0 Å². The van der Waals surface area contributed by atoms with Crippen LogP contribution < -0.4 is 4.74 Å². The van der Waals surface area contributed by atoms with Gasteiger partial charge in [-0.3, -0.25) is 0 Å². The van der Waals surface area contributed by atoms with Crippen molar-refractivity contribution in [3.05, 3.63) is 59.7 Å². The summed E-state index contributed by atoms with van der Waals surface area (Å²) >= 11 is 0. The monoisotopic (exact) mass is 368 g/mol. The second-order valence-corrected chi connectivity index (χ2v) is 6.90. The lowest BCUT2D eigenvalue weighted by molar-refractivity contribution is -0.148. The average molecular weight is 368 g/mol. The van der Waals surface area contributed by atoms with Crippen molar-refractivity contribution in [3.8, 4) is 16.9 Å². The van der Waals surface area contributed by atoms with Gasteiger partial charge in [0.05, 0.1) is 19.8 Å². The highest BCUT2D eigenvalue weighted by Gasteiger charge is 2.14. The molecule has 0 saturated carbocycles. The first-order valence-corrected chi connectivity index (χ1v) is 8.51. The Labute approximate surface area is 159 Å². The normalized spacial score (nSPS) is 11.3. The van der Waals surface area contributed by atoms with Gasteiger partial charge in [0.1, 0.15) is 11.4 Å². The Balaban J connectivity index is 2.23. The number of rotatable bonds is 5. The zero-order valence-electron chi connectivity index (χ0n) is 16.2. The third kappa shape index (κ3) is 5.71. The highest BCUT2D eigenvalue weighted by molar-refractivity contribution is 5.90. The summed E-state index contributed by atoms with van der Waals surface area (Å²) < 4.78 is 15.4. The van der Waals surface area contributed by atoms with Crippen molar-refractivity contribution in [2.45, 2.75) is 26.4 Å². The highest BCUT2D eigenvalue weighted by Crippen LogP contribution is 2.31. The molecule has 0 amide bonds. The van der Waals surface area contributed by atoms with E-state index < -0.39 is 11.6 Å². The van der Waals surface area contributed by atoms with Gasteiger partial charge in [-0.1, -0.05) is 24.3 Å². The van der Waals surface area contributed by atoms with Crippen LogP contribution in [-0.2, 0) is 14.3 Å². The van der Waals surface area contributed by atoms with Crippen molar-refractivity contribution in [1.29, 1.82) is 0 Å². The minimum absolute atomic E-state index is 0.379. The molecule has 0 aromatic heterocycles. The number of methoxy groups -OCH3 is 2. The van der Waals surface area contributed by atoms with Crippen molar-refractivity contribution in [2.24, 2.45) is 0 Å². The van der Waals surface area contributed by atoms with E-state index >= 15 is 0 Å². The zero-order chi connectivity index (χ0) is 20.0. The third-order valence-electron chi connectivity index (χ3n) is 3.66. The lowest BCUT2D eigenvalue weighted by Gasteiger charge is -2.17. The van der Waals surface area contributed by atoms with Crippen LogP contribution in [0.1, 0.15) is 36.7 Å². The van der Waals surface area contributed by atoms with Crippen LogP contribution in [0.3, 0.4) is 0 Å². The molecule has 0 radical (unpaired) electrons. The van der Waals surface area contributed by atoms with Gasteiger partial charge in [-0.15, -0.1) is 0 Å². The Morgan fingerprint density at radius 3 is 2.19 bits per heavy atom. The molecule has 0 aliphatic carbocycles. The first kappa shape index (κ1) is 20.2. The number of hydrogen-bond acceptors (Lipinski definition) is 5. The molecule has 142 valence electrons. The fraction of sp³-hybridized carbons (Fsp3) is 0.273. The zero-order valence-corrected chi connectivity index (χ0v) is 16.2. The van der Waals surface area contributed by atoms with Crippen LogP contribution in [0.2, 0.25) is 0 Å². The molecule has 0 spiro atoms. The molecule has 0 saturated heterocycles. The number of esters is 2. The van der Waals surface area contributed by atoms with Gasteiger partial charge in [0, 0.05) is 11.6 Å². The number of carbonyl (C=O) groups is 2. The predicted octanol–water partition coefficient (Wildman–Crippen LogP) is 4.50. The summed E-state index contributed by atoms with van der Waals surface area (Å²) in [6.45, 7) is 5.46. The van der Waals surface area contributed by atoms with E-state index in [4.69, 9.17) is 14.2 Å². The topological polar surface area (TPSA) is 61.8 Å². The van der Waals surface area contributed by atoms with Crippen molar-refractivity contribution in [1.82, 2.24) is 0 Å². The Bertz CT molecular complexity index is 842. The first-order chi connectivity index (χ1) is 12.7. The van der Waals surface area contributed by atoms with Gasteiger partial charge in [-0.25, -0.2) is 9.59 Å². The number of benzene rings is 2. The third-order valence-corrected chi connectivity index (χ3v) is 3.66. The van der Waals surface area contributed by atoms with E-state index in [0.717, 1.165) is 16.7 Å². The van der Waals surface area contributed by atoms with Crippen LogP contribution in [0, 0.1) is 0 Å². The molecule has 0 N–H and O–H groups in total. The van der Waals surface area contributed by atoms with Gasteiger partial charge in [0.2, 0.25) is 0 Å². The molecule has 2 rings (SSSR count). The van der Waals surface area contributed by atoms with Gasteiger partial charge >= 0.3 is 11.9 Å². The van der Waals surface area contributed by atoms with Crippen LogP contribution in [0.4, 0.5) is 0 Å². The molecule has 0 heterocycles. The first-order valence-electron chi connectivity index (χ1n) is 8.51. The molecule has 2 aromatic carbocycles. The van der Waals surface area contributed by atoms with Crippen molar-refractivity contribution >= 4 is 18.0 Å². The lowest BCUT2D eigenvalue weighted by atomic mass is 10.0. The number of hydrogen-bond donors (Lipinski definition) is 0. The molecule has 0 fully saturated rings. The van der Waals surface area contributed by atoms with Crippen molar-refractivity contribution in [3.63, 3.8) is 0 Å². The largest absolute Gasteiger partial charge is 0.496 e. The molecule has 0 aliphatic heterocycles. The quantitative estimate of drug-likeness (QED) is 0.574. The molecule has 5 nitrogen and oxygen atoms in total. The molecule has 0 aliphatic rings. The van der Waals surface area contributed by atoms with E-state index in [0.29, 0.717) is 11.3 Å². The molecule has 0 unspecified atom stereocenters. The summed E-state index contributed by atoms with van der Waals surface area (Å²) in [5.41, 5.74) is 2.55. The Morgan fingerprint density at radius 2 is 1.63 bits per heavy atom. The van der Waals surface area contributed by atoms with Crippen LogP contribution in [0.25, 0.3) is 17.2 Å². The summed E-state index contributed by atoms with van der Waals surface area (Å²) in [5.74, 6) is -0.118. The second-order valence-electron chi connectivity index (χ2n) is 6.90. The summed E-state index contributed by atoms with van der Waals surface area (Å²) in [4.78, 5) is 23.4. The van der Waals surface area contributed by atoms with E-state index in [9.17, 15) is 9.59 Å². The van der Waals surface area contributed by atoms with Crippen molar-refractivity contribution < 1.29 is 23.8 Å². The van der Waals surface area contributed by atoms with Crippen LogP contribution in [0.5, 0.6) is 5.75 Å². The fourth-order valence-corrected chi connectivity index (χ4v) is 2.45. The summed E-state index contributed by atoms with van der Waals surface area (Å²) in [7, 11) is 2.94. The van der Waals surface area contributed by atoms with Gasteiger partial charge in [-0.2, -0.15) is 0 Å². The molecule has 5 heteroatoms. The summed E-state index contributed by atoms with van der Waals surface area (Å²) in [5, 5.41) is 0. The lowest BCUT2D eigenvalue weighted by Crippen LogP contribution is -2.22. The van der Waals surface area contributed by atoms with Crippen LogP contribution in [0.15, 0.2) is 48.5 Å². The molecular formula is C22H24O5. The summed E-state index contributed by atoms with van der Waals surface area (Å²) in [6, 6.07) is 12.7. The standard InChI is InChI=1S/C22H24O5/c1-22(2,3)27-20(23)13-7-15-6-12-18(19(14-15)25-4)16-8-10-17(11-9-16)21(24)26-5/h6-14H,1-5H3. The molecule has 2 aromatic rings. The predicted molar refractivity (Wildman–Crippen MR) is 105 cm³/mol.